The number of hydrogen-bond acceptors (Lipinski definition) is 9. The molecule has 2 aromatic heterocycles. The summed E-state index contributed by atoms with van der Waals surface area (Å²) >= 11 is 0. The average molecular weight is 477 g/mol. The SMILES string of the molecule is CC1(C)CC(Nc2nc(Nc3ccc(C4CC4)c(-n4cnnn4)c3)ncc2C(N)=O)CC(C)(C)N1. The Bertz CT molecular complexity index is 1220. The number of anilines is 3. The number of nitrogens with zero attached hydrogens (tertiary/aromatic N) is 6. The van der Waals surface area contributed by atoms with Crippen LogP contribution in [0.5, 0.6) is 0 Å². The molecule has 1 aliphatic carbocycles. The third-order valence-electron chi connectivity index (χ3n) is 6.48. The summed E-state index contributed by atoms with van der Waals surface area (Å²) < 4.78 is 1.67. The highest BCUT2D eigenvalue weighted by atomic mass is 16.1. The standard InChI is InChI=1S/C24H32N10O/c1-23(2)10-16(11-24(3,4)31-23)28-21-18(20(25)35)12-26-22(30-21)29-15-7-8-17(14-5-6-14)19(9-15)34-13-27-32-33-34/h7-9,12-14,16,31H,5-6,10-11H2,1-4H3,(H2,25,35)(H2,26,28,29,30). The molecule has 35 heavy (non-hydrogen) atoms. The summed E-state index contributed by atoms with van der Waals surface area (Å²) in [5.74, 6) is 0.764. The molecule has 1 saturated carbocycles. The maximum absolute atomic E-state index is 12.1. The highest BCUT2D eigenvalue weighted by Crippen LogP contribution is 2.43. The molecule has 3 aromatic rings. The van der Waals surface area contributed by atoms with Gasteiger partial charge in [0.25, 0.3) is 5.91 Å². The predicted octanol–water partition coefficient (Wildman–Crippen LogP) is 2.89. The van der Waals surface area contributed by atoms with E-state index in [9.17, 15) is 4.79 Å². The monoisotopic (exact) mass is 476 g/mol. The van der Waals surface area contributed by atoms with Crippen LogP contribution in [0.4, 0.5) is 17.5 Å². The largest absolute Gasteiger partial charge is 0.366 e. The lowest BCUT2D eigenvalue weighted by atomic mass is 9.79. The minimum absolute atomic E-state index is 0.0592. The molecule has 0 bridgehead atoms. The van der Waals surface area contributed by atoms with Gasteiger partial charge in [0, 0.05) is 29.0 Å². The van der Waals surface area contributed by atoms with Crippen molar-refractivity contribution >= 4 is 23.4 Å². The summed E-state index contributed by atoms with van der Waals surface area (Å²) in [7, 11) is 0. The summed E-state index contributed by atoms with van der Waals surface area (Å²) in [5.41, 5.74) is 8.72. The van der Waals surface area contributed by atoms with Crippen LogP contribution in [-0.2, 0) is 0 Å². The molecular weight excluding hydrogens is 444 g/mol. The summed E-state index contributed by atoms with van der Waals surface area (Å²) in [6, 6.07) is 6.19. The van der Waals surface area contributed by atoms with E-state index in [2.05, 4.69) is 75.2 Å². The van der Waals surface area contributed by atoms with Gasteiger partial charge in [-0.25, -0.2) is 9.67 Å². The number of piperidine rings is 1. The average Bonchev–Trinajstić information content (AvgIpc) is 3.44. The fraction of sp³-hybridized carbons (Fsp3) is 0.500. The number of carbonyl (C=O) groups is 1. The lowest BCUT2D eigenvalue weighted by molar-refractivity contribution is 0.100. The van der Waals surface area contributed by atoms with Crippen LogP contribution >= 0.6 is 0 Å². The van der Waals surface area contributed by atoms with Gasteiger partial charge in [0.15, 0.2) is 0 Å². The molecule has 0 unspecified atom stereocenters. The summed E-state index contributed by atoms with van der Waals surface area (Å²) in [6.45, 7) is 8.71. The van der Waals surface area contributed by atoms with E-state index in [1.54, 1.807) is 11.0 Å². The zero-order valence-electron chi connectivity index (χ0n) is 20.5. The topological polar surface area (TPSA) is 149 Å². The molecule has 1 amide bonds. The van der Waals surface area contributed by atoms with Crippen LogP contribution in [-0.4, -0.2) is 53.2 Å². The van der Waals surface area contributed by atoms with Crippen molar-refractivity contribution in [3.05, 3.63) is 41.9 Å². The number of rotatable bonds is 7. The third-order valence-corrected chi connectivity index (χ3v) is 6.48. The number of primary amides is 1. The van der Waals surface area contributed by atoms with Gasteiger partial charge in [0.1, 0.15) is 12.1 Å². The first-order valence-corrected chi connectivity index (χ1v) is 12.0. The zero-order chi connectivity index (χ0) is 24.8. The van der Waals surface area contributed by atoms with Gasteiger partial charge in [-0.3, -0.25) is 4.79 Å². The van der Waals surface area contributed by atoms with Gasteiger partial charge < -0.3 is 21.7 Å². The van der Waals surface area contributed by atoms with Gasteiger partial charge in [-0.05, 0) is 87.4 Å². The molecule has 11 heteroatoms. The fourth-order valence-corrected chi connectivity index (χ4v) is 5.31. The second-order valence-electron chi connectivity index (χ2n) is 10.9. The van der Waals surface area contributed by atoms with Crippen LogP contribution in [0.1, 0.15) is 75.2 Å². The lowest BCUT2D eigenvalue weighted by Crippen LogP contribution is -2.60. The van der Waals surface area contributed by atoms with Gasteiger partial charge in [-0.15, -0.1) is 5.10 Å². The Balaban J connectivity index is 1.42. The van der Waals surface area contributed by atoms with Crippen molar-refractivity contribution < 1.29 is 4.79 Å². The number of nitrogens with two attached hydrogens (primary N) is 1. The van der Waals surface area contributed by atoms with E-state index in [0.717, 1.165) is 24.2 Å². The minimum atomic E-state index is -0.568. The van der Waals surface area contributed by atoms with Crippen molar-refractivity contribution in [1.82, 2.24) is 35.5 Å². The number of benzene rings is 1. The molecule has 1 aromatic carbocycles. The smallest absolute Gasteiger partial charge is 0.254 e. The summed E-state index contributed by atoms with van der Waals surface area (Å²) in [4.78, 5) is 21.1. The quantitative estimate of drug-likeness (QED) is 0.404. The molecule has 3 heterocycles. The van der Waals surface area contributed by atoms with Crippen molar-refractivity contribution in [3.8, 4) is 5.69 Å². The third kappa shape index (κ3) is 5.24. The summed E-state index contributed by atoms with van der Waals surface area (Å²) in [5, 5.41) is 22.0. The Morgan fingerprint density at radius 3 is 2.54 bits per heavy atom. The molecule has 5 rings (SSSR count). The molecule has 0 radical (unpaired) electrons. The van der Waals surface area contributed by atoms with Crippen LogP contribution in [0, 0.1) is 0 Å². The molecule has 0 spiro atoms. The van der Waals surface area contributed by atoms with E-state index in [1.165, 1.54) is 24.6 Å². The number of nitrogens with one attached hydrogen (secondary N) is 3. The summed E-state index contributed by atoms with van der Waals surface area (Å²) in [6.07, 6.45) is 7.14. The van der Waals surface area contributed by atoms with Gasteiger partial charge in [-0.1, -0.05) is 6.07 Å². The Hall–Kier alpha value is -3.60. The first-order valence-electron chi connectivity index (χ1n) is 12.0. The van der Waals surface area contributed by atoms with Crippen LogP contribution in [0.3, 0.4) is 0 Å². The zero-order valence-corrected chi connectivity index (χ0v) is 20.5. The molecule has 11 nitrogen and oxygen atoms in total. The van der Waals surface area contributed by atoms with Crippen molar-refractivity contribution in [2.75, 3.05) is 10.6 Å². The highest BCUT2D eigenvalue weighted by molar-refractivity contribution is 5.97. The van der Waals surface area contributed by atoms with Gasteiger partial charge in [-0.2, -0.15) is 4.98 Å². The van der Waals surface area contributed by atoms with E-state index < -0.39 is 5.91 Å². The van der Waals surface area contributed by atoms with E-state index in [4.69, 9.17) is 5.73 Å². The van der Waals surface area contributed by atoms with E-state index in [0.29, 0.717) is 17.7 Å². The number of carbonyl (C=O) groups excluding carboxylic acids is 1. The maximum Gasteiger partial charge on any atom is 0.254 e. The van der Waals surface area contributed by atoms with Crippen LogP contribution in [0.2, 0.25) is 0 Å². The molecular formula is C24H32N10O. The van der Waals surface area contributed by atoms with E-state index >= 15 is 0 Å². The number of tetrazole rings is 1. The number of amides is 1. The maximum atomic E-state index is 12.1. The number of aromatic nitrogens is 6. The Labute approximate surface area is 204 Å². The van der Waals surface area contributed by atoms with Crippen molar-refractivity contribution in [3.63, 3.8) is 0 Å². The Kier molecular flexibility index (Phi) is 5.66. The molecule has 1 saturated heterocycles. The molecule has 5 N–H and O–H groups in total. The minimum Gasteiger partial charge on any atom is -0.366 e. The van der Waals surface area contributed by atoms with E-state index in [1.807, 2.05) is 12.1 Å². The molecule has 184 valence electrons. The Morgan fingerprint density at radius 2 is 1.91 bits per heavy atom. The van der Waals surface area contributed by atoms with Crippen LogP contribution in [0.25, 0.3) is 5.69 Å². The molecule has 2 fully saturated rings. The second-order valence-corrected chi connectivity index (χ2v) is 10.9. The highest BCUT2D eigenvalue weighted by Gasteiger charge is 2.38. The number of hydrogen-bond donors (Lipinski definition) is 4. The van der Waals surface area contributed by atoms with E-state index in [-0.39, 0.29) is 22.7 Å². The van der Waals surface area contributed by atoms with Crippen molar-refractivity contribution in [2.45, 2.75) is 76.4 Å². The fourth-order valence-electron chi connectivity index (χ4n) is 5.31. The lowest BCUT2D eigenvalue weighted by Gasteiger charge is -2.46. The van der Waals surface area contributed by atoms with Gasteiger partial charge in [0.2, 0.25) is 5.95 Å². The molecule has 2 aliphatic rings. The molecule has 1 aliphatic heterocycles. The second kappa shape index (κ2) is 8.56. The normalized spacial score (nSPS) is 19.3. The van der Waals surface area contributed by atoms with Crippen LogP contribution in [0.15, 0.2) is 30.7 Å². The van der Waals surface area contributed by atoms with Crippen molar-refractivity contribution in [1.29, 1.82) is 0 Å². The van der Waals surface area contributed by atoms with Gasteiger partial charge >= 0.3 is 0 Å². The first kappa shape index (κ1) is 23.2. The predicted molar refractivity (Wildman–Crippen MR) is 133 cm³/mol. The van der Waals surface area contributed by atoms with Gasteiger partial charge in [0.05, 0.1) is 11.3 Å². The Morgan fingerprint density at radius 1 is 1.17 bits per heavy atom. The molecule has 0 atom stereocenters. The van der Waals surface area contributed by atoms with Crippen LogP contribution < -0.4 is 21.7 Å². The van der Waals surface area contributed by atoms with Crippen molar-refractivity contribution in [2.24, 2.45) is 5.73 Å². The first-order chi connectivity index (χ1) is 16.6.